The van der Waals surface area contributed by atoms with Gasteiger partial charge in [0.15, 0.2) is 0 Å². The summed E-state index contributed by atoms with van der Waals surface area (Å²) < 4.78 is 5.21. The van der Waals surface area contributed by atoms with Crippen LogP contribution in [0.2, 0.25) is 0 Å². The predicted octanol–water partition coefficient (Wildman–Crippen LogP) is 4.55. The number of rotatable bonds is 13. The van der Waals surface area contributed by atoms with Crippen molar-refractivity contribution in [3.05, 3.63) is 11.6 Å². The molecule has 1 N–H and O–H groups in total. The normalized spacial score (nSPS) is 11.8. The summed E-state index contributed by atoms with van der Waals surface area (Å²) >= 11 is 0. The van der Waals surface area contributed by atoms with E-state index in [1.54, 1.807) is 0 Å². The molecule has 0 bridgehead atoms. The minimum atomic E-state index is -0.786. The van der Waals surface area contributed by atoms with E-state index in [-0.39, 0.29) is 12.4 Å². The van der Waals surface area contributed by atoms with E-state index in [2.05, 4.69) is 26.8 Å². The SMILES string of the molecule is CC(C)=CCC[C@H](C)CCOC(=O)CCSSCCC(=O)O. The van der Waals surface area contributed by atoms with Crippen molar-refractivity contribution in [1.29, 1.82) is 0 Å². The van der Waals surface area contributed by atoms with E-state index in [9.17, 15) is 9.59 Å². The number of carboxylic acid groups (broad SMARTS) is 1. The van der Waals surface area contributed by atoms with Gasteiger partial charge in [-0.1, -0.05) is 40.2 Å². The Kier molecular flexibility index (Phi) is 13.6. The molecule has 4 nitrogen and oxygen atoms in total. The van der Waals surface area contributed by atoms with E-state index in [4.69, 9.17) is 9.84 Å². The number of ether oxygens (including phenoxy) is 1. The number of hydrogen-bond acceptors (Lipinski definition) is 5. The van der Waals surface area contributed by atoms with Crippen LogP contribution in [0.25, 0.3) is 0 Å². The second kappa shape index (κ2) is 14.0. The zero-order valence-corrected chi connectivity index (χ0v) is 15.4. The van der Waals surface area contributed by atoms with Crippen molar-refractivity contribution >= 4 is 33.5 Å². The van der Waals surface area contributed by atoms with Crippen LogP contribution in [0.3, 0.4) is 0 Å². The molecular weight excluding hydrogens is 320 g/mol. The molecule has 0 radical (unpaired) electrons. The van der Waals surface area contributed by atoms with E-state index in [1.165, 1.54) is 27.2 Å². The molecule has 128 valence electrons. The van der Waals surface area contributed by atoms with Gasteiger partial charge in [-0.3, -0.25) is 9.59 Å². The third-order valence-corrected chi connectivity index (χ3v) is 5.37. The maximum Gasteiger partial charge on any atom is 0.306 e. The first-order valence-corrected chi connectivity index (χ1v) is 10.2. The Hall–Kier alpha value is -0.620. The van der Waals surface area contributed by atoms with Crippen LogP contribution in [0.15, 0.2) is 11.6 Å². The summed E-state index contributed by atoms with van der Waals surface area (Å²) in [7, 11) is 3.01. The van der Waals surface area contributed by atoms with Crippen LogP contribution in [-0.4, -0.2) is 35.2 Å². The molecular formula is C16H28O4S2. The first kappa shape index (κ1) is 21.4. The lowest BCUT2D eigenvalue weighted by Crippen LogP contribution is -2.09. The molecule has 6 heteroatoms. The van der Waals surface area contributed by atoms with Gasteiger partial charge in [0, 0.05) is 11.5 Å². The number of carbonyl (C=O) groups is 2. The number of hydrogen-bond donors (Lipinski definition) is 1. The summed E-state index contributed by atoms with van der Waals surface area (Å²) in [6, 6.07) is 0. The molecule has 1 atom stereocenters. The second-order valence-electron chi connectivity index (χ2n) is 5.51. The van der Waals surface area contributed by atoms with Crippen molar-refractivity contribution in [3.63, 3.8) is 0 Å². The van der Waals surface area contributed by atoms with Gasteiger partial charge in [-0.2, -0.15) is 0 Å². The number of allylic oxidation sites excluding steroid dienone is 2. The molecule has 0 amide bonds. The third kappa shape index (κ3) is 15.8. The average molecular weight is 349 g/mol. The number of esters is 1. The second-order valence-corrected chi connectivity index (χ2v) is 8.21. The molecule has 0 aromatic carbocycles. The molecule has 0 saturated carbocycles. The fourth-order valence-electron chi connectivity index (χ4n) is 1.62. The van der Waals surface area contributed by atoms with E-state index < -0.39 is 5.97 Å². The summed E-state index contributed by atoms with van der Waals surface area (Å²) in [5.41, 5.74) is 1.34. The van der Waals surface area contributed by atoms with Crippen molar-refractivity contribution in [2.24, 2.45) is 5.92 Å². The molecule has 0 unspecified atom stereocenters. The Morgan fingerprint density at radius 2 is 1.77 bits per heavy atom. The van der Waals surface area contributed by atoms with E-state index >= 15 is 0 Å². The molecule has 0 aromatic rings. The zero-order valence-electron chi connectivity index (χ0n) is 13.8. The Morgan fingerprint density at radius 3 is 2.36 bits per heavy atom. The smallest absolute Gasteiger partial charge is 0.306 e. The third-order valence-electron chi connectivity index (χ3n) is 2.96. The molecule has 0 aliphatic rings. The van der Waals surface area contributed by atoms with Crippen molar-refractivity contribution in [3.8, 4) is 0 Å². The summed E-state index contributed by atoms with van der Waals surface area (Å²) in [5.74, 6) is 0.843. The molecule has 0 saturated heterocycles. The van der Waals surface area contributed by atoms with Crippen LogP contribution in [0.4, 0.5) is 0 Å². The molecule has 0 aliphatic carbocycles. The summed E-state index contributed by atoms with van der Waals surface area (Å²) in [4.78, 5) is 21.8. The fourth-order valence-corrected chi connectivity index (χ4v) is 3.57. The zero-order chi connectivity index (χ0) is 16.8. The number of aliphatic carboxylic acids is 1. The van der Waals surface area contributed by atoms with Crippen molar-refractivity contribution in [1.82, 2.24) is 0 Å². The van der Waals surface area contributed by atoms with Crippen molar-refractivity contribution in [2.75, 3.05) is 18.1 Å². The highest BCUT2D eigenvalue weighted by atomic mass is 33.1. The molecule has 0 fully saturated rings. The Bertz CT molecular complexity index is 352. The van der Waals surface area contributed by atoms with Crippen LogP contribution >= 0.6 is 21.6 Å². The lowest BCUT2D eigenvalue weighted by molar-refractivity contribution is -0.143. The molecule has 0 aromatic heterocycles. The summed E-state index contributed by atoms with van der Waals surface area (Å²) in [6.45, 7) is 6.88. The van der Waals surface area contributed by atoms with Crippen molar-refractivity contribution in [2.45, 2.75) is 52.9 Å². The first-order chi connectivity index (χ1) is 10.4. The Balaban J connectivity index is 3.45. The maximum atomic E-state index is 11.5. The van der Waals surface area contributed by atoms with Crippen LogP contribution in [0.5, 0.6) is 0 Å². The van der Waals surface area contributed by atoms with Crippen LogP contribution in [0.1, 0.15) is 52.9 Å². The highest BCUT2D eigenvalue weighted by molar-refractivity contribution is 8.76. The van der Waals surface area contributed by atoms with Gasteiger partial charge in [0.2, 0.25) is 0 Å². The van der Waals surface area contributed by atoms with Gasteiger partial charge in [0.25, 0.3) is 0 Å². The first-order valence-electron chi connectivity index (χ1n) is 7.67. The van der Waals surface area contributed by atoms with E-state index in [0.717, 1.165) is 19.3 Å². The van der Waals surface area contributed by atoms with Crippen LogP contribution in [-0.2, 0) is 14.3 Å². The minimum absolute atomic E-state index is 0.159. The van der Waals surface area contributed by atoms with Gasteiger partial charge in [-0.25, -0.2) is 0 Å². The topological polar surface area (TPSA) is 63.6 Å². The highest BCUT2D eigenvalue weighted by Gasteiger charge is 2.06. The summed E-state index contributed by atoms with van der Waals surface area (Å²) in [5, 5.41) is 8.48. The maximum absolute atomic E-state index is 11.5. The van der Waals surface area contributed by atoms with Gasteiger partial charge in [-0.15, -0.1) is 0 Å². The lowest BCUT2D eigenvalue weighted by Gasteiger charge is -2.10. The number of carbonyl (C=O) groups excluding carboxylic acids is 1. The lowest BCUT2D eigenvalue weighted by atomic mass is 10.0. The van der Waals surface area contributed by atoms with Gasteiger partial charge >= 0.3 is 11.9 Å². The highest BCUT2D eigenvalue weighted by Crippen LogP contribution is 2.22. The van der Waals surface area contributed by atoms with Gasteiger partial charge in [0.05, 0.1) is 19.4 Å². The standard InChI is InChI=1S/C16H28O4S2/c1-13(2)5-4-6-14(3)7-10-20-16(19)9-12-22-21-11-8-15(17)18/h5,14H,4,6-12H2,1-3H3,(H,17,18)/t14-/m0/s1. The largest absolute Gasteiger partial charge is 0.481 e. The van der Waals surface area contributed by atoms with Crippen LogP contribution < -0.4 is 0 Å². The monoisotopic (exact) mass is 348 g/mol. The van der Waals surface area contributed by atoms with Crippen LogP contribution in [0, 0.1) is 5.92 Å². The molecule has 22 heavy (non-hydrogen) atoms. The van der Waals surface area contributed by atoms with Crippen molar-refractivity contribution < 1.29 is 19.4 Å². The molecule has 0 heterocycles. The van der Waals surface area contributed by atoms with Gasteiger partial charge < -0.3 is 9.84 Å². The van der Waals surface area contributed by atoms with Gasteiger partial charge in [-0.05, 0) is 39.0 Å². The molecule has 0 aliphatic heterocycles. The van der Waals surface area contributed by atoms with E-state index in [0.29, 0.717) is 30.5 Å². The number of carboxylic acids is 1. The average Bonchev–Trinajstić information content (AvgIpc) is 2.42. The fraction of sp³-hybridized carbons (Fsp3) is 0.750. The van der Waals surface area contributed by atoms with Gasteiger partial charge in [0.1, 0.15) is 0 Å². The minimum Gasteiger partial charge on any atom is -0.481 e. The quantitative estimate of drug-likeness (QED) is 0.228. The Labute approximate surface area is 141 Å². The molecule has 0 rings (SSSR count). The van der Waals surface area contributed by atoms with E-state index in [1.807, 2.05) is 0 Å². The Morgan fingerprint density at radius 1 is 1.14 bits per heavy atom. The molecule has 0 spiro atoms. The predicted molar refractivity (Wildman–Crippen MR) is 95.2 cm³/mol. The summed E-state index contributed by atoms with van der Waals surface area (Å²) in [6.07, 6.45) is 5.90.